The highest BCUT2D eigenvalue weighted by Crippen LogP contribution is 2.44. The largest absolute Gasteiger partial charge is 0.481 e. The Kier molecular flexibility index (Phi) is 6.48. The molecule has 3 N–H and O–H groups in total. The number of carbonyl (C=O) groups excluding carboxylic acids is 1. The second-order valence-corrected chi connectivity index (χ2v) is 5.51. The molecular weight excluding hydrogens is 235 g/mol. The van der Waals surface area contributed by atoms with Crippen LogP contribution in [0.3, 0.4) is 0 Å². The lowest BCUT2D eigenvalue weighted by Gasteiger charge is -2.14. The van der Waals surface area contributed by atoms with Crippen LogP contribution < -0.4 is 0 Å². The van der Waals surface area contributed by atoms with E-state index >= 15 is 0 Å². The number of Topliss-reactive ketones (excluding diaryl/α,β-unsaturated/α-hetero) is 1. The molecule has 0 fully saturated rings. The summed E-state index contributed by atoms with van der Waals surface area (Å²) in [5.74, 6) is -1.41. The van der Waals surface area contributed by atoms with Gasteiger partial charge in [0, 0.05) is 6.42 Å². The topological polar surface area (TPSA) is 112 Å². The summed E-state index contributed by atoms with van der Waals surface area (Å²) in [6.45, 7) is 1.15. The molecule has 0 heterocycles. The second-order valence-electron chi connectivity index (χ2n) is 3.71. The molecule has 0 bridgehead atoms. The van der Waals surface area contributed by atoms with Crippen molar-refractivity contribution in [2.24, 2.45) is 0 Å². The van der Waals surface area contributed by atoms with Crippen LogP contribution in [0.15, 0.2) is 0 Å². The zero-order valence-corrected chi connectivity index (χ0v) is 10.0. The van der Waals surface area contributed by atoms with E-state index in [2.05, 4.69) is 0 Å². The molecule has 0 saturated carbocycles. The van der Waals surface area contributed by atoms with Crippen LogP contribution in [-0.4, -0.2) is 32.3 Å². The molecule has 0 amide bonds. The van der Waals surface area contributed by atoms with Crippen LogP contribution in [0, 0.1) is 0 Å². The maximum atomic E-state index is 11.0. The smallest absolute Gasteiger partial charge is 0.335 e. The van der Waals surface area contributed by atoms with Gasteiger partial charge in [-0.25, -0.2) is 0 Å². The SMILES string of the molecule is CC(=O)C(CCCCCC(=O)O)P(=O)(O)O. The third-order valence-corrected chi connectivity index (χ3v) is 3.68. The molecule has 6 nitrogen and oxygen atoms in total. The normalized spacial score (nSPS) is 13.4. The highest BCUT2D eigenvalue weighted by Gasteiger charge is 2.31. The van der Waals surface area contributed by atoms with Gasteiger partial charge < -0.3 is 14.9 Å². The molecule has 7 heteroatoms. The number of hydrogen-bond donors (Lipinski definition) is 3. The Hall–Kier alpha value is -0.710. The molecule has 94 valence electrons. The Balaban J connectivity index is 3.92. The van der Waals surface area contributed by atoms with Crippen molar-refractivity contribution in [3.05, 3.63) is 0 Å². The van der Waals surface area contributed by atoms with Crippen molar-refractivity contribution < 1.29 is 29.0 Å². The lowest BCUT2D eigenvalue weighted by molar-refractivity contribution is -0.137. The number of carboxylic acid groups (broad SMARTS) is 1. The first-order chi connectivity index (χ1) is 7.25. The summed E-state index contributed by atoms with van der Waals surface area (Å²) in [5, 5.41) is 8.36. The zero-order valence-electron chi connectivity index (χ0n) is 9.13. The average Bonchev–Trinajstić information content (AvgIpc) is 2.07. The Labute approximate surface area is 93.8 Å². The summed E-state index contributed by atoms with van der Waals surface area (Å²) in [6, 6.07) is 0. The van der Waals surface area contributed by atoms with Crippen LogP contribution in [0.4, 0.5) is 0 Å². The van der Waals surface area contributed by atoms with Gasteiger partial charge in [0.25, 0.3) is 0 Å². The average molecular weight is 252 g/mol. The molecule has 0 aromatic rings. The van der Waals surface area contributed by atoms with Crippen LogP contribution in [0.5, 0.6) is 0 Å². The fourth-order valence-corrected chi connectivity index (χ4v) is 2.39. The van der Waals surface area contributed by atoms with Gasteiger partial charge in [-0.3, -0.25) is 14.2 Å². The first-order valence-corrected chi connectivity index (χ1v) is 6.70. The molecule has 1 atom stereocenters. The van der Waals surface area contributed by atoms with Gasteiger partial charge in [-0.15, -0.1) is 0 Å². The monoisotopic (exact) mass is 252 g/mol. The summed E-state index contributed by atoms with van der Waals surface area (Å²) < 4.78 is 10.9. The van der Waals surface area contributed by atoms with Crippen molar-refractivity contribution in [2.45, 2.75) is 44.7 Å². The van der Waals surface area contributed by atoms with Crippen molar-refractivity contribution >= 4 is 19.3 Å². The number of rotatable bonds is 8. The molecule has 0 aromatic carbocycles. The van der Waals surface area contributed by atoms with Crippen LogP contribution in [0.25, 0.3) is 0 Å². The molecule has 0 aliphatic carbocycles. The Morgan fingerprint density at radius 2 is 1.75 bits per heavy atom. The number of hydrogen-bond acceptors (Lipinski definition) is 3. The predicted molar refractivity (Wildman–Crippen MR) is 57.2 cm³/mol. The van der Waals surface area contributed by atoms with Crippen LogP contribution in [0.1, 0.15) is 39.0 Å². The number of ketones is 1. The second kappa shape index (κ2) is 6.78. The Morgan fingerprint density at radius 3 is 2.12 bits per heavy atom. The number of carbonyl (C=O) groups is 2. The number of unbranched alkanes of at least 4 members (excludes halogenated alkanes) is 2. The van der Waals surface area contributed by atoms with Gasteiger partial charge in [0.1, 0.15) is 11.4 Å². The minimum Gasteiger partial charge on any atom is -0.481 e. The Bertz CT molecular complexity index is 294. The molecule has 0 spiro atoms. The minimum atomic E-state index is -4.37. The maximum Gasteiger partial charge on any atom is 0.335 e. The first-order valence-electron chi connectivity index (χ1n) is 5.02. The minimum absolute atomic E-state index is 0.0423. The fourth-order valence-electron chi connectivity index (χ4n) is 1.40. The lowest BCUT2D eigenvalue weighted by atomic mass is 10.1. The summed E-state index contributed by atoms with van der Waals surface area (Å²) in [4.78, 5) is 38.9. The van der Waals surface area contributed by atoms with Gasteiger partial charge in [-0.2, -0.15) is 0 Å². The van der Waals surface area contributed by atoms with Gasteiger partial charge in [-0.1, -0.05) is 12.8 Å². The molecule has 0 saturated heterocycles. The summed E-state index contributed by atoms with van der Waals surface area (Å²) >= 11 is 0. The molecular formula is C9H17O6P. The third kappa shape index (κ3) is 6.71. The van der Waals surface area contributed by atoms with Crippen molar-refractivity contribution in [3.63, 3.8) is 0 Å². The van der Waals surface area contributed by atoms with E-state index in [0.29, 0.717) is 19.3 Å². The van der Waals surface area contributed by atoms with E-state index in [1.54, 1.807) is 0 Å². The summed E-state index contributed by atoms with van der Waals surface area (Å²) in [6.07, 6.45) is 1.61. The van der Waals surface area contributed by atoms with E-state index in [4.69, 9.17) is 14.9 Å². The maximum absolute atomic E-state index is 11.0. The van der Waals surface area contributed by atoms with Gasteiger partial charge in [0.15, 0.2) is 0 Å². The highest BCUT2D eigenvalue weighted by molar-refractivity contribution is 7.53. The third-order valence-electron chi connectivity index (χ3n) is 2.24. The van der Waals surface area contributed by atoms with Gasteiger partial charge >= 0.3 is 13.6 Å². The molecule has 16 heavy (non-hydrogen) atoms. The Morgan fingerprint density at radius 1 is 1.19 bits per heavy atom. The van der Waals surface area contributed by atoms with Crippen molar-refractivity contribution in [2.75, 3.05) is 0 Å². The lowest BCUT2D eigenvalue weighted by Crippen LogP contribution is -2.17. The van der Waals surface area contributed by atoms with Crippen molar-refractivity contribution in [1.82, 2.24) is 0 Å². The van der Waals surface area contributed by atoms with E-state index in [0.717, 1.165) is 6.92 Å². The fraction of sp³-hybridized carbons (Fsp3) is 0.778. The first kappa shape index (κ1) is 15.3. The zero-order chi connectivity index (χ0) is 12.8. The predicted octanol–water partition coefficient (Wildman–Crippen LogP) is 1.16. The van der Waals surface area contributed by atoms with E-state index in [1.807, 2.05) is 0 Å². The summed E-state index contributed by atoms with van der Waals surface area (Å²) in [5.41, 5.74) is -1.24. The van der Waals surface area contributed by atoms with Crippen LogP contribution in [0.2, 0.25) is 0 Å². The standard InChI is InChI=1S/C9H17O6P/c1-7(10)8(16(13,14)15)5-3-2-4-6-9(11)12/h8H,2-6H2,1H3,(H,11,12)(H2,13,14,15). The van der Waals surface area contributed by atoms with Gasteiger partial charge in [0.2, 0.25) is 0 Å². The molecule has 0 aromatic heterocycles. The molecule has 0 radical (unpaired) electrons. The molecule has 0 rings (SSSR count). The van der Waals surface area contributed by atoms with E-state index in [9.17, 15) is 14.2 Å². The van der Waals surface area contributed by atoms with Crippen LogP contribution in [-0.2, 0) is 14.2 Å². The number of carboxylic acids is 1. The molecule has 0 aliphatic rings. The van der Waals surface area contributed by atoms with Gasteiger partial charge in [0.05, 0.1) is 0 Å². The quantitative estimate of drug-likeness (QED) is 0.441. The van der Waals surface area contributed by atoms with Crippen LogP contribution >= 0.6 is 7.60 Å². The van der Waals surface area contributed by atoms with Crippen molar-refractivity contribution in [3.8, 4) is 0 Å². The number of aliphatic carboxylic acids is 1. The van der Waals surface area contributed by atoms with Gasteiger partial charge in [-0.05, 0) is 19.8 Å². The van der Waals surface area contributed by atoms with E-state index < -0.39 is 25.0 Å². The van der Waals surface area contributed by atoms with E-state index in [1.165, 1.54) is 0 Å². The highest BCUT2D eigenvalue weighted by atomic mass is 31.2. The molecule has 0 aliphatic heterocycles. The summed E-state index contributed by atoms with van der Waals surface area (Å²) in [7, 11) is -4.37. The van der Waals surface area contributed by atoms with Crippen molar-refractivity contribution in [1.29, 1.82) is 0 Å². The van der Waals surface area contributed by atoms with E-state index in [-0.39, 0.29) is 12.8 Å². The molecule has 1 unspecified atom stereocenters.